The van der Waals surface area contributed by atoms with Crippen molar-refractivity contribution in [3.05, 3.63) is 59.0 Å². The van der Waals surface area contributed by atoms with Crippen molar-refractivity contribution in [1.82, 2.24) is 5.32 Å². The van der Waals surface area contributed by atoms with Crippen LogP contribution in [0.15, 0.2) is 47.1 Å². The molecule has 0 unspecified atom stereocenters. The van der Waals surface area contributed by atoms with E-state index in [4.69, 9.17) is 20.8 Å². The number of hydrogen-bond acceptors (Lipinski definition) is 3. The molecule has 5 heteroatoms. The van der Waals surface area contributed by atoms with Crippen LogP contribution in [0.5, 0.6) is 0 Å². The lowest BCUT2D eigenvalue weighted by atomic mass is 9.67. The summed E-state index contributed by atoms with van der Waals surface area (Å²) in [5, 5.41) is 3.87. The number of benzene rings is 1. The molecule has 2 aromatic rings. The molecule has 3 rings (SSSR count). The van der Waals surface area contributed by atoms with Crippen molar-refractivity contribution < 1.29 is 13.9 Å². The van der Waals surface area contributed by atoms with Gasteiger partial charge in [0.1, 0.15) is 5.76 Å². The van der Waals surface area contributed by atoms with Crippen LogP contribution in [0.3, 0.4) is 0 Å². The summed E-state index contributed by atoms with van der Waals surface area (Å²) in [6.45, 7) is 9.87. The van der Waals surface area contributed by atoms with Crippen molar-refractivity contribution in [2.75, 3.05) is 13.2 Å². The fraction of sp³-hybridized carbons (Fsp3) is 0.560. The maximum absolute atomic E-state index is 13.0. The standard InChI is InChI=1S/C25H34ClNO3/c1-18(2)21(22-6-5-14-29-22)11-13-27-23(28)16-25(12-15-30-24(3,4)17-25)19-7-9-20(26)10-8-19/h5-10,14,18,21H,11-13,15-17H2,1-4H3,(H,27,28)/t21-,25-/m0/s1. The molecule has 1 aromatic heterocycles. The van der Waals surface area contributed by atoms with Gasteiger partial charge < -0.3 is 14.5 Å². The average molecular weight is 432 g/mol. The molecule has 2 atom stereocenters. The van der Waals surface area contributed by atoms with Crippen LogP contribution in [0.4, 0.5) is 0 Å². The first kappa shape index (κ1) is 22.9. The summed E-state index contributed by atoms with van der Waals surface area (Å²) in [6.07, 6.45) is 4.66. The highest BCUT2D eigenvalue weighted by atomic mass is 35.5. The minimum atomic E-state index is -0.264. The Labute approximate surface area is 185 Å². The number of carbonyl (C=O) groups excluding carboxylic acids is 1. The number of furan rings is 1. The number of ether oxygens (including phenoxy) is 1. The minimum absolute atomic E-state index is 0.0876. The lowest BCUT2D eigenvalue weighted by Gasteiger charge is -2.45. The lowest BCUT2D eigenvalue weighted by Crippen LogP contribution is -2.46. The Morgan fingerprint density at radius 3 is 2.53 bits per heavy atom. The molecule has 1 fully saturated rings. The van der Waals surface area contributed by atoms with Crippen molar-refractivity contribution in [3.8, 4) is 0 Å². The molecule has 4 nitrogen and oxygen atoms in total. The second kappa shape index (κ2) is 9.57. The molecule has 1 saturated heterocycles. The van der Waals surface area contributed by atoms with Crippen LogP contribution in [0.2, 0.25) is 5.02 Å². The predicted molar refractivity (Wildman–Crippen MR) is 121 cm³/mol. The van der Waals surface area contributed by atoms with E-state index in [0.717, 1.165) is 30.6 Å². The Kier molecular flexibility index (Phi) is 7.30. The molecular weight excluding hydrogens is 398 g/mol. The number of carbonyl (C=O) groups is 1. The van der Waals surface area contributed by atoms with Crippen molar-refractivity contribution >= 4 is 17.5 Å². The van der Waals surface area contributed by atoms with Gasteiger partial charge in [-0.3, -0.25) is 4.79 Å². The van der Waals surface area contributed by atoms with Gasteiger partial charge in [0.15, 0.2) is 0 Å². The van der Waals surface area contributed by atoms with Crippen molar-refractivity contribution in [2.45, 2.75) is 70.3 Å². The normalized spacial score (nSPS) is 22.1. The number of amides is 1. The lowest BCUT2D eigenvalue weighted by molar-refractivity contribution is -0.126. The van der Waals surface area contributed by atoms with Crippen LogP contribution in [0.25, 0.3) is 0 Å². The van der Waals surface area contributed by atoms with Crippen molar-refractivity contribution in [1.29, 1.82) is 0 Å². The molecular formula is C25H34ClNO3. The SMILES string of the molecule is CC(C)[C@H](CCNC(=O)C[C@@]1(c2ccc(Cl)cc2)CCOC(C)(C)C1)c1ccco1. The smallest absolute Gasteiger partial charge is 0.220 e. The fourth-order valence-electron chi connectivity index (χ4n) is 4.82. The average Bonchev–Trinajstić information content (AvgIpc) is 3.18. The Hall–Kier alpha value is -1.78. The Bertz CT molecular complexity index is 813. The molecule has 0 radical (unpaired) electrons. The summed E-state index contributed by atoms with van der Waals surface area (Å²) in [4.78, 5) is 13.0. The summed E-state index contributed by atoms with van der Waals surface area (Å²) < 4.78 is 11.6. The van der Waals surface area contributed by atoms with Crippen LogP contribution in [0.1, 0.15) is 70.6 Å². The zero-order valence-electron chi connectivity index (χ0n) is 18.5. The van der Waals surface area contributed by atoms with E-state index < -0.39 is 0 Å². The molecule has 0 bridgehead atoms. The second-order valence-electron chi connectivity index (χ2n) is 9.50. The Balaban J connectivity index is 1.67. The number of nitrogens with one attached hydrogen (secondary N) is 1. The predicted octanol–water partition coefficient (Wildman–Crippen LogP) is 6.10. The van der Waals surface area contributed by atoms with E-state index in [1.165, 1.54) is 0 Å². The number of rotatable bonds is 8. The van der Waals surface area contributed by atoms with Gasteiger partial charge in [-0.25, -0.2) is 0 Å². The van der Waals surface area contributed by atoms with Crippen molar-refractivity contribution in [2.24, 2.45) is 5.92 Å². The van der Waals surface area contributed by atoms with E-state index in [1.54, 1.807) is 6.26 Å². The highest BCUT2D eigenvalue weighted by Crippen LogP contribution is 2.44. The molecule has 2 heterocycles. The fourth-order valence-corrected chi connectivity index (χ4v) is 4.95. The minimum Gasteiger partial charge on any atom is -0.469 e. The molecule has 0 spiro atoms. The van der Waals surface area contributed by atoms with E-state index in [-0.39, 0.29) is 16.9 Å². The Morgan fingerprint density at radius 1 is 1.20 bits per heavy atom. The number of halogens is 1. The molecule has 1 aliphatic heterocycles. The van der Waals surface area contributed by atoms with Gasteiger partial charge >= 0.3 is 0 Å². The topological polar surface area (TPSA) is 51.5 Å². The summed E-state index contributed by atoms with van der Waals surface area (Å²) >= 11 is 6.11. The third kappa shape index (κ3) is 5.67. The van der Waals surface area contributed by atoms with Gasteiger partial charge in [-0.05, 0) is 68.9 Å². The highest BCUT2D eigenvalue weighted by molar-refractivity contribution is 6.30. The van der Waals surface area contributed by atoms with Crippen LogP contribution in [0, 0.1) is 5.92 Å². The maximum atomic E-state index is 13.0. The van der Waals surface area contributed by atoms with E-state index in [2.05, 4.69) is 45.1 Å². The summed E-state index contributed by atoms with van der Waals surface area (Å²) in [5.74, 6) is 1.82. The summed E-state index contributed by atoms with van der Waals surface area (Å²) in [5.41, 5.74) is 0.656. The zero-order chi connectivity index (χ0) is 21.8. The summed E-state index contributed by atoms with van der Waals surface area (Å²) in [6, 6.07) is 11.9. The monoisotopic (exact) mass is 431 g/mol. The van der Waals surface area contributed by atoms with Gasteiger partial charge in [0, 0.05) is 35.9 Å². The number of hydrogen-bond donors (Lipinski definition) is 1. The van der Waals surface area contributed by atoms with Gasteiger partial charge in [0.2, 0.25) is 5.91 Å². The second-order valence-corrected chi connectivity index (χ2v) is 9.94. The first-order chi connectivity index (χ1) is 14.2. The van der Waals surface area contributed by atoms with Gasteiger partial charge in [-0.15, -0.1) is 0 Å². The largest absolute Gasteiger partial charge is 0.469 e. The maximum Gasteiger partial charge on any atom is 0.220 e. The molecule has 1 aromatic carbocycles. The first-order valence-corrected chi connectivity index (χ1v) is 11.3. The molecule has 1 aliphatic rings. The van der Waals surface area contributed by atoms with Gasteiger partial charge in [0.05, 0.1) is 11.9 Å². The molecule has 1 N–H and O–H groups in total. The van der Waals surface area contributed by atoms with Gasteiger partial charge in [0.25, 0.3) is 0 Å². The molecule has 1 amide bonds. The van der Waals surface area contributed by atoms with E-state index >= 15 is 0 Å². The van der Waals surface area contributed by atoms with Gasteiger partial charge in [-0.1, -0.05) is 37.6 Å². The zero-order valence-corrected chi connectivity index (χ0v) is 19.3. The van der Waals surface area contributed by atoms with E-state index in [1.807, 2.05) is 24.3 Å². The van der Waals surface area contributed by atoms with E-state index in [9.17, 15) is 4.79 Å². The molecule has 0 saturated carbocycles. The van der Waals surface area contributed by atoms with Crippen LogP contribution in [-0.4, -0.2) is 24.7 Å². The van der Waals surface area contributed by atoms with Gasteiger partial charge in [-0.2, -0.15) is 0 Å². The molecule has 0 aliphatic carbocycles. The van der Waals surface area contributed by atoms with Crippen molar-refractivity contribution in [3.63, 3.8) is 0 Å². The molecule has 30 heavy (non-hydrogen) atoms. The van der Waals surface area contributed by atoms with Crippen LogP contribution < -0.4 is 5.32 Å². The highest BCUT2D eigenvalue weighted by Gasteiger charge is 2.43. The molecule has 164 valence electrons. The third-order valence-electron chi connectivity index (χ3n) is 6.28. The Morgan fingerprint density at radius 2 is 1.93 bits per heavy atom. The van der Waals surface area contributed by atoms with Crippen LogP contribution in [-0.2, 0) is 14.9 Å². The summed E-state index contributed by atoms with van der Waals surface area (Å²) in [7, 11) is 0. The van der Waals surface area contributed by atoms with Crippen LogP contribution >= 0.6 is 11.6 Å². The first-order valence-electron chi connectivity index (χ1n) is 10.9. The quantitative estimate of drug-likeness (QED) is 0.549. The third-order valence-corrected chi connectivity index (χ3v) is 6.54. The van der Waals surface area contributed by atoms with E-state index in [0.29, 0.717) is 36.4 Å².